The van der Waals surface area contributed by atoms with Crippen LogP contribution in [0.1, 0.15) is 37.2 Å². The van der Waals surface area contributed by atoms with Gasteiger partial charge in [-0.1, -0.05) is 26.0 Å². The van der Waals surface area contributed by atoms with Crippen LogP contribution in [0.5, 0.6) is 0 Å². The predicted molar refractivity (Wildman–Crippen MR) is 70.7 cm³/mol. The first-order chi connectivity index (χ1) is 8.49. The van der Waals surface area contributed by atoms with Gasteiger partial charge in [0.05, 0.1) is 17.9 Å². The lowest BCUT2D eigenvalue weighted by atomic mass is 9.93. The van der Waals surface area contributed by atoms with Crippen molar-refractivity contribution in [3.8, 4) is 0 Å². The molecule has 0 atom stereocenters. The second-order valence-electron chi connectivity index (χ2n) is 5.26. The zero-order valence-corrected chi connectivity index (χ0v) is 11.7. The lowest BCUT2D eigenvalue weighted by Crippen LogP contribution is -2.12. The standard InChI is InChI=1S/C12H18N4OS/c1-12(2,3)10-8-18-11(13-10)7-16-6-9(4-5-17)14-15-16/h6,8,17H,4-5,7H2,1-3H3. The Kier molecular flexibility index (Phi) is 3.77. The van der Waals surface area contributed by atoms with Crippen LogP contribution in [-0.4, -0.2) is 31.7 Å². The molecule has 0 saturated carbocycles. The van der Waals surface area contributed by atoms with Crippen LogP contribution >= 0.6 is 11.3 Å². The highest BCUT2D eigenvalue weighted by Crippen LogP contribution is 2.24. The lowest BCUT2D eigenvalue weighted by Gasteiger charge is -2.14. The minimum atomic E-state index is 0.0825. The molecule has 0 amide bonds. The molecule has 0 aliphatic rings. The highest BCUT2D eigenvalue weighted by atomic mass is 32.1. The molecule has 6 heteroatoms. The first-order valence-electron chi connectivity index (χ1n) is 5.94. The van der Waals surface area contributed by atoms with Crippen molar-refractivity contribution in [1.82, 2.24) is 20.0 Å². The van der Waals surface area contributed by atoms with Crippen LogP contribution in [0.3, 0.4) is 0 Å². The molecule has 0 unspecified atom stereocenters. The van der Waals surface area contributed by atoms with Gasteiger partial charge in [-0.05, 0) is 0 Å². The van der Waals surface area contributed by atoms with Gasteiger partial charge < -0.3 is 5.11 Å². The fraction of sp³-hybridized carbons (Fsp3) is 0.583. The second kappa shape index (κ2) is 5.16. The molecular formula is C12H18N4OS. The Bertz CT molecular complexity index is 512. The van der Waals surface area contributed by atoms with Crippen molar-refractivity contribution in [1.29, 1.82) is 0 Å². The molecule has 0 bridgehead atoms. The minimum Gasteiger partial charge on any atom is -0.396 e. The third kappa shape index (κ3) is 3.14. The van der Waals surface area contributed by atoms with Gasteiger partial charge in [-0.3, -0.25) is 0 Å². The quantitative estimate of drug-likeness (QED) is 0.913. The van der Waals surface area contributed by atoms with Crippen LogP contribution in [0, 0.1) is 0 Å². The first kappa shape index (κ1) is 13.2. The van der Waals surface area contributed by atoms with Gasteiger partial charge in [0.25, 0.3) is 0 Å². The average molecular weight is 266 g/mol. The van der Waals surface area contributed by atoms with Crippen molar-refractivity contribution < 1.29 is 5.11 Å². The maximum Gasteiger partial charge on any atom is 0.114 e. The second-order valence-corrected chi connectivity index (χ2v) is 6.20. The predicted octanol–water partition coefficient (Wildman–Crippen LogP) is 1.62. The Morgan fingerprint density at radius 3 is 2.78 bits per heavy atom. The number of hydrogen-bond donors (Lipinski definition) is 1. The third-order valence-electron chi connectivity index (χ3n) is 2.57. The molecule has 0 aromatic carbocycles. The monoisotopic (exact) mass is 266 g/mol. The Morgan fingerprint density at radius 1 is 1.39 bits per heavy atom. The van der Waals surface area contributed by atoms with Crippen LogP contribution in [0.4, 0.5) is 0 Å². The van der Waals surface area contributed by atoms with Crippen molar-refractivity contribution >= 4 is 11.3 Å². The van der Waals surface area contributed by atoms with Gasteiger partial charge in [0.1, 0.15) is 5.01 Å². The van der Waals surface area contributed by atoms with Crippen molar-refractivity contribution in [2.45, 2.75) is 39.2 Å². The number of nitrogens with zero attached hydrogens (tertiary/aromatic N) is 4. The number of aromatic nitrogens is 4. The van der Waals surface area contributed by atoms with Crippen LogP contribution in [0.2, 0.25) is 0 Å². The minimum absolute atomic E-state index is 0.0825. The summed E-state index contributed by atoms with van der Waals surface area (Å²) in [6, 6.07) is 0. The highest BCUT2D eigenvalue weighted by molar-refractivity contribution is 7.09. The molecule has 0 aliphatic carbocycles. The molecular weight excluding hydrogens is 248 g/mol. The van der Waals surface area contributed by atoms with Gasteiger partial charge >= 0.3 is 0 Å². The van der Waals surface area contributed by atoms with Gasteiger partial charge in [-0.25, -0.2) is 9.67 Å². The summed E-state index contributed by atoms with van der Waals surface area (Å²) >= 11 is 1.64. The summed E-state index contributed by atoms with van der Waals surface area (Å²) in [7, 11) is 0. The van der Waals surface area contributed by atoms with Crippen molar-refractivity contribution in [3.05, 3.63) is 28.0 Å². The summed E-state index contributed by atoms with van der Waals surface area (Å²) in [5.74, 6) is 0. The lowest BCUT2D eigenvalue weighted by molar-refractivity contribution is 0.298. The summed E-state index contributed by atoms with van der Waals surface area (Å²) < 4.78 is 1.76. The third-order valence-corrected chi connectivity index (χ3v) is 3.41. The summed E-state index contributed by atoms with van der Waals surface area (Å²) in [5, 5.41) is 20.0. The molecule has 18 heavy (non-hydrogen) atoms. The van der Waals surface area contributed by atoms with Crippen LogP contribution in [0.25, 0.3) is 0 Å². The van der Waals surface area contributed by atoms with Crippen molar-refractivity contribution in [2.24, 2.45) is 0 Å². The molecule has 0 fully saturated rings. The van der Waals surface area contributed by atoms with E-state index in [0.29, 0.717) is 13.0 Å². The maximum atomic E-state index is 8.82. The fourth-order valence-electron chi connectivity index (χ4n) is 1.51. The van der Waals surface area contributed by atoms with E-state index in [1.165, 1.54) is 0 Å². The smallest absolute Gasteiger partial charge is 0.114 e. The van der Waals surface area contributed by atoms with E-state index in [1.54, 1.807) is 16.0 Å². The van der Waals surface area contributed by atoms with Gasteiger partial charge in [-0.15, -0.1) is 16.4 Å². The van der Waals surface area contributed by atoms with E-state index in [9.17, 15) is 0 Å². The van der Waals surface area contributed by atoms with E-state index in [0.717, 1.165) is 16.4 Å². The summed E-state index contributed by atoms with van der Waals surface area (Å²) in [6.07, 6.45) is 2.40. The Morgan fingerprint density at radius 2 is 2.17 bits per heavy atom. The van der Waals surface area contributed by atoms with Gasteiger partial charge in [0, 0.05) is 30.0 Å². The molecule has 2 rings (SSSR count). The molecule has 1 N–H and O–H groups in total. The number of rotatable bonds is 4. The van der Waals surface area contributed by atoms with Crippen LogP contribution < -0.4 is 0 Å². The van der Waals surface area contributed by atoms with Crippen LogP contribution in [0.15, 0.2) is 11.6 Å². The van der Waals surface area contributed by atoms with E-state index in [-0.39, 0.29) is 12.0 Å². The summed E-state index contributed by atoms with van der Waals surface area (Å²) in [6.45, 7) is 7.20. The zero-order chi connectivity index (χ0) is 13.2. The molecule has 2 aromatic heterocycles. The van der Waals surface area contributed by atoms with E-state index < -0.39 is 0 Å². The van der Waals surface area contributed by atoms with Gasteiger partial charge in [0.2, 0.25) is 0 Å². The van der Waals surface area contributed by atoms with Crippen molar-refractivity contribution in [3.63, 3.8) is 0 Å². The molecule has 0 saturated heterocycles. The summed E-state index contributed by atoms with van der Waals surface area (Å²) in [5.41, 5.74) is 2.00. The van der Waals surface area contributed by atoms with Gasteiger partial charge in [0.15, 0.2) is 0 Å². The number of hydrogen-bond acceptors (Lipinski definition) is 5. The summed E-state index contributed by atoms with van der Waals surface area (Å²) in [4.78, 5) is 4.61. The molecule has 2 aromatic rings. The molecule has 0 aliphatic heterocycles. The maximum absolute atomic E-state index is 8.82. The van der Waals surface area contributed by atoms with Crippen LogP contribution in [-0.2, 0) is 18.4 Å². The number of aliphatic hydroxyl groups excluding tert-OH is 1. The molecule has 0 spiro atoms. The Labute approximate surface area is 110 Å². The highest BCUT2D eigenvalue weighted by Gasteiger charge is 2.17. The normalized spacial score (nSPS) is 12.0. The zero-order valence-electron chi connectivity index (χ0n) is 10.9. The van der Waals surface area contributed by atoms with Gasteiger partial charge in [-0.2, -0.15) is 0 Å². The Balaban J connectivity index is 2.06. The van der Waals surface area contributed by atoms with E-state index >= 15 is 0 Å². The van der Waals surface area contributed by atoms with E-state index in [2.05, 4.69) is 41.4 Å². The number of thiazole rings is 1. The fourth-order valence-corrected chi connectivity index (χ4v) is 2.52. The van der Waals surface area contributed by atoms with E-state index in [4.69, 9.17) is 5.11 Å². The first-order valence-corrected chi connectivity index (χ1v) is 6.82. The van der Waals surface area contributed by atoms with E-state index in [1.807, 2.05) is 6.20 Å². The molecule has 2 heterocycles. The molecule has 5 nitrogen and oxygen atoms in total. The largest absolute Gasteiger partial charge is 0.396 e. The topological polar surface area (TPSA) is 63.8 Å². The molecule has 98 valence electrons. The van der Waals surface area contributed by atoms with Crippen molar-refractivity contribution in [2.75, 3.05) is 6.61 Å². The number of aliphatic hydroxyl groups is 1. The molecule has 0 radical (unpaired) electrons. The average Bonchev–Trinajstić information content (AvgIpc) is 2.88. The Hall–Kier alpha value is -1.27. The SMILES string of the molecule is CC(C)(C)c1csc(Cn2cc(CCO)nn2)n1.